The molecule has 0 spiro atoms. The smallest absolute Gasteiger partial charge is 0.223 e. The Kier molecular flexibility index (Phi) is 4.79. The number of hydrazone groups is 2. The predicted octanol–water partition coefficient (Wildman–Crippen LogP) is 3.61. The Morgan fingerprint density at radius 3 is 2.77 bits per heavy atom. The van der Waals surface area contributed by atoms with E-state index in [-0.39, 0.29) is 29.3 Å². The number of amides is 1. The Hall–Kier alpha value is -2.83. The second-order valence-electron chi connectivity index (χ2n) is 9.93. The average molecular weight is 421 g/mol. The van der Waals surface area contributed by atoms with Crippen molar-refractivity contribution >= 4 is 29.4 Å². The van der Waals surface area contributed by atoms with Gasteiger partial charge in [-0.3, -0.25) is 10.2 Å². The highest BCUT2D eigenvalue weighted by Gasteiger charge is 2.57. The molecule has 2 saturated carbocycles. The number of hydrogen-bond donors (Lipinski definition) is 3. The average Bonchev–Trinajstić information content (AvgIpc) is 3.17. The maximum absolute atomic E-state index is 13.5. The summed E-state index contributed by atoms with van der Waals surface area (Å²) in [5.74, 6) is 7.51. The van der Waals surface area contributed by atoms with Crippen molar-refractivity contribution in [3.05, 3.63) is 35.5 Å². The Bertz CT molecular complexity index is 1040. The van der Waals surface area contributed by atoms with Crippen molar-refractivity contribution in [2.24, 2.45) is 27.4 Å². The van der Waals surface area contributed by atoms with Crippen LogP contribution in [0.1, 0.15) is 62.5 Å². The molecule has 7 nitrogen and oxygen atoms in total. The second-order valence-corrected chi connectivity index (χ2v) is 9.93. The molecule has 1 aromatic heterocycles. The summed E-state index contributed by atoms with van der Waals surface area (Å²) in [6.07, 6.45) is 7.68. The molecule has 4 aliphatic rings. The zero-order chi connectivity index (χ0) is 21.8. The monoisotopic (exact) mass is 420 g/mol. The van der Waals surface area contributed by atoms with E-state index in [9.17, 15) is 4.79 Å². The SMILES string of the molecule is C=NN/C(=N\N)C12CC3CC(C1)N(C(=O)CC(C)c1c[nH]c4cccc(C)c14)C(C3)C2. The van der Waals surface area contributed by atoms with Crippen LogP contribution in [0.25, 0.3) is 10.9 Å². The summed E-state index contributed by atoms with van der Waals surface area (Å²) >= 11 is 0. The molecule has 2 saturated heterocycles. The van der Waals surface area contributed by atoms with Gasteiger partial charge in [-0.1, -0.05) is 19.1 Å². The van der Waals surface area contributed by atoms with Crippen LogP contribution in [0, 0.1) is 18.3 Å². The molecule has 0 radical (unpaired) electrons. The van der Waals surface area contributed by atoms with Crippen molar-refractivity contribution in [3.8, 4) is 0 Å². The third-order valence-corrected chi connectivity index (χ3v) is 7.99. The topological polar surface area (TPSA) is 98.9 Å². The molecule has 3 atom stereocenters. The van der Waals surface area contributed by atoms with Gasteiger partial charge in [0.05, 0.1) is 0 Å². The van der Waals surface area contributed by atoms with Crippen LogP contribution in [-0.4, -0.2) is 40.4 Å². The quantitative estimate of drug-likeness (QED) is 0.298. The minimum Gasteiger partial charge on any atom is -0.361 e. The number of hydrogen-bond acceptors (Lipinski definition) is 4. The molecule has 4 fully saturated rings. The van der Waals surface area contributed by atoms with E-state index in [4.69, 9.17) is 5.84 Å². The Balaban J connectivity index is 1.36. The first-order valence-corrected chi connectivity index (χ1v) is 11.3. The number of rotatable bonds is 5. The third-order valence-electron chi connectivity index (χ3n) is 7.99. The normalized spacial score (nSPS) is 30.6. The fraction of sp³-hybridized carbons (Fsp3) is 0.542. The number of benzene rings is 1. The first-order valence-electron chi connectivity index (χ1n) is 11.3. The Labute approximate surface area is 183 Å². The van der Waals surface area contributed by atoms with E-state index >= 15 is 0 Å². The summed E-state index contributed by atoms with van der Waals surface area (Å²) < 4.78 is 0. The second kappa shape index (κ2) is 7.39. The fourth-order valence-electron chi connectivity index (χ4n) is 6.95. The van der Waals surface area contributed by atoms with Gasteiger partial charge in [-0.15, -0.1) is 0 Å². The van der Waals surface area contributed by atoms with Crippen LogP contribution in [-0.2, 0) is 4.79 Å². The lowest BCUT2D eigenvalue weighted by atomic mass is 9.54. The number of carbonyl (C=O) groups excluding carboxylic acids is 1. The van der Waals surface area contributed by atoms with Crippen molar-refractivity contribution in [1.82, 2.24) is 15.3 Å². The van der Waals surface area contributed by atoms with Gasteiger partial charge in [0.25, 0.3) is 0 Å². The molecule has 3 heterocycles. The van der Waals surface area contributed by atoms with Crippen LogP contribution in [0.5, 0.6) is 0 Å². The predicted molar refractivity (Wildman–Crippen MR) is 124 cm³/mol. The van der Waals surface area contributed by atoms with Gasteiger partial charge in [-0.2, -0.15) is 10.2 Å². The highest BCUT2D eigenvalue weighted by molar-refractivity contribution is 5.90. The summed E-state index contributed by atoms with van der Waals surface area (Å²) in [5.41, 5.74) is 6.48. The zero-order valence-electron chi connectivity index (χ0n) is 18.4. The van der Waals surface area contributed by atoms with Gasteiger partial charge in [0.2, 0.25) is 5.91 Å². The number of nitrogens with two attached hydrogens (primary N) is 1. The zero-order valence-corrected chi connectivity index (χ0v) is 18.4. The fourth-order valence-corrected chi connectivity index (χ4v) is 6.95. The summed E-state index contributed by atoms with van der Waals surface area (Å²) in [7, 11) is 0. The van der Waals surface area contributed by atoms with Gasteiger partial charge in [-0.25, -0.2) is 0 Å². The van der Waals surface area contributed by atoms with Crippen molar-refractivity contribution in [2.45, 2.75) is 70.4 Å². The van der Waals surface area contributed by atoms with Gasteiger partial charge in [0.1, 0.15) is 5.84 Å². The first-order chi connectivity index (χ1) is 15.0. The molecule has 164 valence electrons. The van der Waals surface area contributed by atoms with E-state index in [0.717, 1.165) is 43.5 Å². The highest BCUT2D eigenvalue weighted by Crippen LogP contribution is 2.56. The van der Waals surface area contributed by atoms with Crippen LogP contribution in [0.2, 0.25) is 0 Å². The molecule has 2 aliphatic heterocycles. The largest absolute Gasteiger partial charge is 0.361 e. The molecule has 4 bridgehead atoms. The molecule has 1 amide bonds. The van der Waals surface area contributed by atoms with Crippen LogP contribution >= 0.6 is 0 Å². The van der Waals surface area contributed by atoms with Crippen LogP contribution in [0.4, 0.5) is 0 Å². The molecule has 31 heavy (non-hydrogen) atoms. The lowest BCUT2D eigenvalue weighted by molar-refractivity contribution is -0.152. The number of H-pyrrole nitrogens is 1. The number of aryl methyl sites for hydroxylation is 1. The summed E-state index contributed by atoms with van der Waals surface area (Å²) in [4.78, 5) is 19.1. The lowest BCUT2D eigenvalue weighted by Gasteiger charge is -2.61. The maximum atomic E-state index is 13.5. The number of nitrogens with one attached hydrogen (secondary N) is 2. The summed E-state index contributed by atoms with van der Waals surface area (Å²) in [6.45, 7) is 7.85. The van der Waals surface area contributed by atoms with Gasteiger partial charge in [0, 0.05) is 47.7 Å². The number of carbonyl (C=O) groups is 1. The molecule has 1 aromatic carbocycles. The van der Waals surface area contributed by atoms with Gasteiger partial charge in [-0.05, 0) is 68.1 Å². The maximum Gasteiger partial charge on any atom is 0.223 e. The Morgan fingerprint density at radius 1 is 1.35 bits per heavy atom. The number of aromatic amines is 1. The first kappa shape index (κ1) is 20.1. The van der Waals surface area contributed by atoms with Crippen molar-refractivity contribution < 1.29 is 4.79 Å². The lowest BCUT2D eigenvalue weighted by Crippen LogP contribution is -2.66. The van der Waals surface area contributed by atoms with Crippen LogP contribution in [0.15, 0.2) is 34.6 Å². The van der Waals surface area contributed by atoms with E-state index in [1.54, 1.807) is 0 Å². The molecule has 4 N–H and O–H groups in total. The molecular formula is C24H32N6O. The molecule has 6 rings (SSSR count). The van der Waals surface area contributed by atoms with Gasteiger partial charge in [0.15, 0.2) is 0 Å². The number of fused-ring (bicyclic) bond motifs is 1. The van der Waals surface area contributed by atoms with Crippen LogP contribution < -0.4 is 11.3 Å². The van der Waals surface area contributed by atoms with E-state index in [1.165, 1.54) is 16.5 Å². The summed E-state index contributed by atoms with van der Waals surface area (Å²) in [6, 6.07) is 6.83. The van der Waals surface area contributed by atoms with Crippen LogP contribution in [0.3, 0.4) is 0 Å². The van der Waals surface area contributed by atoms with E-state index < -0.39 is 0 Å². The van der Waals surface area contributed by atoms with Gasteiger partial charge < -0.3 is 15.7 Å². The number of nitrogens with zero attached hydrogens (tertiary/aromatic N) is 3. The number of aromatic nitrogens is 1. The van der Waals surface area contributed by atoms with E-state index in [2.05, 4.69) is 70.5 Å². The molecule has 2 aromatic rings. The van der Waals surface area contributed by atoms with Gasteiger partial charge >= 0.3 is 0 Å². The van der Waals surface area contributed by atoms with E-state index in [0.29, 0.717) is 12.3 Å². The molecule has 3 unspecified atom stereocenters. The number of amidine groups is 1. The Morgan fingerprint density at radius 2 is 2.10 bits per heavy atom. The minimum absolute atomic E-state index is 0.0945. The van der Waals surface area contributed by atoms with Crippen molar-refractivity contribution in [2.75, 3.05) is 0 Å². The highest BCUT2D eigenvalue weighted by atomic mass is 16.2. The third kappa shape index (κ3) is 3.13. The van der Waals surface area contributed by atoms with Crippen molar-refractivity contribution in [1.29, 1.82) is 0 Å². The van der Waals surface area contributed by atoms with E-state index in [1.807, 2.05) is 0 Å². The molecular weight excluding hydrogens is 388 g/mol. The standard InChI is InChI=1S/C24H32N6O/c1-14-5-4-6-20-22(14)19(13-27-20)15(2)7-21(31)30-17-8-16-9-18(30)12-24(10-16,11-17)23(28-25)29-26-3/h4-6,13,15-18,27H,3,7-12,25H2,1-2H3,(H,28,29). The molecule has 7 heteroatoms. The van der Waals surface area contributed by atoms with Crippen molar-refractivity contribution in [3.63, 3.8) is 0 Å². The number of piperidine rings is 2. The molecule has 2 aliphatic carbocycles. The minimum atomic E-state index is -0.0945. The summed E-state index contributed by atoms with van der Waals surface area (Å²) in [5, 5.41) is 9.10.